The number of nitrogens with zero attached hydrogens (tertiary/aromatic N) is 3. The highest BCUT2D eigenvalue weighted by atomic mass is 16.5. The van der Waals surface area contributed by atoms with E-state index in [4.69, 9.17) is 15.5 Å². The molecule has 2 aromatic heterocycles. The third-order valence-corrected chi connectivity index (χ3v) is 3.30. The molecule has 0 saturated carbocycles. The predicted octanol–water partition coefficient (Wildman–Crippen LogP) is 0.672. The monoisotopic (exact) mass is 246 g/mol. The van der Waals surface area contributed by atoms with Crippen molar-refractivity contribution in [1.82, 2.24) is 9.38 Å². The van der Waals surface area contributed by atoms with E-state index in [9.17, 15) is 0 Å². The van der Waals surface area contributed by atoms with E-state index >= 15 is 0 Å². The number of anilines is 1. The van der Waals surface area contributed by atoms with Crippen LogP contribution in [0.4, 0.5) is 5.82 Å². The van der Waals surface area contributed by atoms with Crippen LogP contribution in [0.1, 0.15) is 5.69 Å². The Labute approximate surface area is 106 Å². The van der Waals surface area contributed by atoms with E-state index in [1.54, 1.807) is 0 Å². The van der Waals surface area contributed by atoms with Gasteiger partial charge in [-0.2, -0.15) is 0 Å². The van der Waals surface area contributed by atoms with Gasteiger partial charge in [-0.3, -0.25) is 0 Å². The van der Waals surface area contributed by atoms with Crippen molar-refractivity contribution in [3.63, 3.8) is 0 Å². The average Bonchev–Trinajstić information content (AvgIpc) is 2.80. The highest BCUT2D eigenvalue weighted by Gasteiger charge is 2.19. The Hall–Kier alpha value is -1.59. The van der Waals surface area contributed by atoms with Gasteiger partial charge in [-0.15, -0.1) is 0 Å². The molecular formula is C13H18N4O. The first kappa shape index (κ1) is 11.5. The number of imidazole rings is 1. The molecule has 1 fully saturated rings. The SMILES string of the molecule is NCCc1c(N2CCOCC2)nc2ccccn12. The third kappa shape index (κ3) is 1.95. The van der Waals surface area contributed by atoms with Crippen molar-refractivity contribution in [2.75, 3.05) is 37.7 Å². The summed E-state index contributed by atoms with van der Waals surface area (Å²) in [6.45, 7) is 3.99. The van der Waals surface area contributed by atoms with E-state index in [0.29, 0.717) is 6.54 Å². The van der Waals surface area contributed by atoms with Gasteiger partial charge in [-0.05, 0) is 18.7 Å². The Bertz CT molecular complexity index is 531. The molecule has 0 unspecified atom stereocenters. The number of hydrogen-bond donors (Lipinski definition) is 1. The topological polar surface area (TPSA) is 55.8 Å². The molecule has 0 atom stereocenters. The summed E-state index contributed by atoms with van der Waals surface area (Å²) < 4.78 is 7.53. The quantitative estimate of drug-likeness (QED) is 0.865. The first-order valence-electron chi connectivity index (χ1n) is 6.39. The Morgan fingerprint density at radius 3 is 2.89 bits per heavy atom. The predicted molar refractivity (Wildman–Crippen MR) is 71.0 cm³/mol. The number of hydrogen-bond acceptors (Lipinski definition) is 4. The van der Waals surface area contributed by atoms with Crippen LogP contribution in [-0.2, 0) is 11.2 Å². The van der Waals surface area contributed by atoms with Gasteiger partial charge in [0, 0.05) is 25.7 Å². The molecular weight excluding hydrogens is 228 g/mol. The molecule has 0 aliphatic carbocycles. The zero-order chi connectivity index (χ0) is 12.4. The van der Waals surface area contributed by atoms with Gasteiger partial charge in [0.05, 0.1) is 18.9 Å². The first-order valence-corrected chi connectivity index (χ1v) is 6.39. The molecule has 1 saturated heterocycles. The van der Waals surface area contributed by atoms with Gasteiger partial charge >= 0.3 is 0 Å². The lowest BCUT2D eigenvalue weighted by atomic mass is 10.2. The van der Waals surface area contributed by atoms with Crippen LogP contribution < -0.4 is 10.6 Å². The van der Waals surface area contributed by atoms with Crippen molar-refractivity contribution < 1.29 is 4.74 Å². The zero-order valence-electron chi connectivity index (χ0n) is 10.4. The summed E-state index contributed by atoms with van der Waals surface area (Å²) in [5.41, 5.74) is 7.92. The minimum absolute atomic E-state index is 0.639. The van der Waals surface area contributed by atoms with Crippen LogP contribution in [0, 0.1) is 0 Å². The van der Waals surface area contributed by atoms with Crippen LogP contribution >= 0.6 is 0 Å². The Morgan fingerprint density at radius 1 is 1.28 bits per heavy atom. The van der Waals surface area contributed by atoms with Gasteiger partial charge in [0.1, 0.15) is 5.65 Å². The van der Waals surface area contributed by atoms with Gasteiger partial charge < -0.3 is 19.8 Å². The number of aromatic nitrogens is 2. The van der Waals surface area contributed by atoms with Crippen LogP contribution in [0.15, 0.2) is 24.4 Å². The van der Waals surface area contributed by atoms with Crippen LogP contribution in [0.2, 0.25) is 0 Å². The van der Waals surface area contributed by atoms with E-state index in [-0.39, 0.29) is 0 Å². The van der Waals surface area contributed by atoms with Crippen LogP contribution in [0.3, 0.4) is 0 Å². The van der Waals surface area contributed by atoms with E-state index < -0.39 is 0 Å². The summed E-state index contributed by atoms with van der Waals surface area (Å²) in [6.07, 6.45) is 2.90. The lowest BCUT2D eigenvalue weighted by Gasteiger charge is -2.27. The summed E-state index contributed by atoms with van der Waals surface area (Å²) >= 11 is 0. The molecule has 0 spiro atoms. The molecule has 1 aliphatic rings. The largest absolute Gasteiger partial charge is 0.378 e. The fourth-order valence-corrected chi connectivity index (χ4v) is 2.43. The molecule has 0 aromatic carbocycles. The number of fused-ring (bicyclic) bond motifs is 1. The molecule has 3 heterocycles. The van der Waals surface area contributed by atoms with Crippen molar-refractivity contribution in [2.45, 2.75) is 6.42 Å². The number of morpholine rings is 1. The Kier molecular flexibility index (Phi) is 3.17. The minimum atomic E-state index is 0.639. The van der Waals surface area contributed by atoms with Gasteiger partial charge in [0.15, 0.2) is 5.82 Å². The highest BCUT2D eigenvalue weighted by molar-refractivity contribution is 5.56. The number of pyridine rings is 1. The summed E-state index contributed by atoms with van der Waals surface area (Å²) in [6, 6.07) is 6.07. The van der Waals surface area contributed by atoms with Crippen molar-refractivity contribution >= 4 is 11.5 Å². The lowest BCUT2D eigenvalue weighted by Crippen LogP contribution is -2.37. The van der Waals surface area contributed by atoms with Crippen LogP contribution in [0.5, 0.6) is 0 Å². The molecule has 5 nitrogen and oxygen atoms in total. The van der Waals surface area contributed by atoms with Gasteiger partial charge in [0.25, 0.3) is 0 Å². The van der Waals surface area contributed by atoms with E-state index in [1.165, 1.54) is 5.69 Å². The molecule has 5 heteroatoms. The summed E-state index contributed by atoms with van der Waals surface area (Å²) in [5.74, 6) is 1.06. The molecule has 1 aliphatic heterocycles. The summed E-state index contributed by atoms with van der Waals surface area (Å²) in [5, 5.41) is 0. The first-order chi connectivity index (χ1) is 8.90. The standard InChI is InChI=1S/C13H18N4O/c14-5-4-11-13(16-7-9-18-10-8-16)15-12-3-1-2-6-17(11)12/h1-3,6H,4-5,7-10,14H2. The minimum Gasteiger partial charge on any atom is -0.378 e. The maximum atomic E-state index is 5.72. The van der Waals surface area contributed by atoms with Crippen molar-refractivity contribution in [3.05, 3.63) is 30.1 Å². The molecule has 18 heavy (non-hydrogen) atoms. The molecule has 0 radical (unpaired) electrons. The molecule has 3 rings (SSSR count). The van der Waals surface area contributed by atoms with Crippen molar-refractivity contribution in [2.24, 2.45) is 5.73 Å². The number of rotatable bonds is 3. The Morgan fingerprint density at radius 2 is 2.11 bits per heavy atom. The number of ether oxygens (including phenoxy) is 1. The van der Waals surface area contributed by atoms with E-state index in [0.717, 1.165) is 44.2 Å². The zero-order valence-corrected chi connectivity index (χ0v) is 10.4. The van der Waals surface area contributed by atoms with Crippen LogP contribution in [0.25, 0.3) is 5.65 Å². The maximum absolute atomic E-state index is 5.72. The van der Waals surface area contributed by atoms with Crippen molar-refractivity contribution in [3.8, 4) is 0 Å². The normalized spacial score (nSPS) is 16.4. The van der Waals surface area contributed by atoms with Gasteiger partial charge in [-0.25, -0.2) is 4.98 Å². The molecule has 0 bridgehead atoms. The average molecular weight is 246 g/mol. The fourth-order valence-electron chi connectivity index (χ4n) is 2.43. The molecule has 96 valence electrons. The molecule has 2 aromatic rings. The summed E-state index contributed by atoms with van der Waals surface area (Å²) in [7, 11) is 0. The summed E-state index contributed by atoms with van der Waals surface area (Å²) in [4.78, 5) is 7.03. The van der Waals surface area contributed by atoms with E-state index in [2.05, 4.69) is 15.5 Å². The molecule has 0 amide bonds. The maximum Gasteiger partial charge on any atom is 0.151 e. The van der Waals surface area contributed by atoms with Crippen LogP contribution in [-0.4, -0.2) is 42.2 Å². The van der Waals surface area contributed by atoms with Gasteiger partial charge in [0.2, 0.25) is 0 Å². The third-order valence-electron chi connectivity index (χ3n) is 3.30. The lowest BCUT2D eigenvalue weighted by molar-refractivity contribution is 0.122. The van der Waals surface area contributed by atoms with E-state index in [1.807, 2.05) is 18.2 Å². The fraction of sp³-hybridized carbons (Fsp3) is 0.462. The van der Waals surface area contributed by atoms with Gasteiger partial charge in [-0.1, -0.05) is 6.07 Å². The molecule has 2 N–H and O–H groups in total. The van der Waals surface area contributed by atoms with Crippen molar-refractivity contribution in [1.29, 1.82) is 0 Å². The second-order valence-electron chi connectivity index (χ2n) is 4.45. The second-order valence-corrected chi connectivity index (χ2v) is 4.45. The highest BCUT2D eigenvalue weighted by Crippen LogP contribution is 2.22. The Balaban J connectivity index is 2.05. The second kappa shape index (κ2) is 4.96. The number of nitrogens with two attached hydrogens (primary N) is 1. The smallest absolute Gasteiger partial charge is 0.151 e.